The van der Waals surface area contributed by atoms with Crippen molar-refractivity contribution in [3.8, 4) is 11.1 Å². The standard InChI is InChI=1S/C25H25F5N4O2S/c1-12-8-33(9-13(2)31-12)23-17-7-18(25(28,29)30)20(16-5-4-14(26)6-19(16)27)22-21(17)34(24(35)32-23)10-15(36-3)11-37-22/h4-7,12-13,15,31H,8-11H2,1-3H3/t12-,13?,15?/m1/s1. The van der Waals surface area contributed by atoms with Gasteiger partial charge in [0.2, 0.25) is 0 Å². The fourth-order valence-electron chi connectivity index (χ4n) is 5.20. The summed E-state index contributed by atoms with van der Waals surface area (Å²) in [5, 5.41) is 3.51. The van der Waals surface area contributed by atoms with Gasteiger partial charge in [-0.1, -0.05) is 0 Å². The molecule has 1 aromatic heterocycles. The maximum absolute atomic E-state index is 15.0. The lowest BCUT2D eigenvalue weighted by molar-refractivity contribution is -0.137. The molecule has 0 bridgehead atoms. The van der Waals surface area contributed by atoms with E-state index in [1.165, 1.54) is 11.7 Å². The zero-order valence-electron chi connectivity index (χ0n) is 20.3. The van der Waals surface area contributed by atoms with Gasteiger partial charge in [0.1, 0.15) is 17.5 Å². The molecule has 1 fully saturated rings. The first-order valence-corrected chi connectivity index (χ1v) is 12.8. The summed E-state index contributed by atoms with van der Waals surface area (Å²) in [4.78, 5) is 19.5. The zero-order valence-corrected chi connectivity index (χ0v) is 21.1. The van der Waals surface area contributed by atoms with E-state index in [1.54, 1.807) is 0 Å². The van der Waals surface area contributed by atoms with E-state index < -0.39 is 46.3 Å². The largest absolute Gasteiger partial charge is 0.417 e. The Labute approximate surface area is 213 Å². The Hall–Kier alpha value is -2.70. The topological polar surface area (TPSA) is 59.4 Å². The zero-order chi connectivity index (χ0) is 26.6. The molecule has 0 spiro atoms. The Morgan fingerprint density at radius 2 is 1.81 bits per heavy atom. The maximum atomic E-state index is 15.0. The molecule has 198 valence electrons. The summed E-state index contributed by atoms with van der Waals surface area (Å²) in [6.45, 7) is 4.84. The summed E-state index contributed by atoms with van der Waals surface area (Å²) in [7, 11) is 1.45. The molecule has 0 aliphatic carbocycles. The predicted molar refractivity (Wildman–Crippen MR) is 132 cm³/mol. The second-order valence-electron chi connectivity index (χ2n) is 9.52. The van der Waals surface area contributed by atoms with Gasteiger partial charge >= 0.3 is 11.9 Å². The molecule has 37 heavy (non-hydrogen) atoms. The van der Waals surface area contributed by atoms with Crippen molar-refractivity contribution in [1.29, 1.82) is 0 Å². The molecular weight excluding hydrogens is 515 g/mol. The fourth-order valence-corrected chi connectivity index (χ4v) is 6.52. The minimum absolute atomic E-state index is 0.0140. The molecule has 2 aliphatic rings. The summed E-state index contributed by atoms with van der Waals surface area (Å²) in [5.41, 5.74) is -2.28. The van der Waals surface area contributed by atoms with Crippen LogP contribution in [-0.2, 0) is 17.5 Å². The number of piperazine rings is 1. The van der Waals surface area contributed by atoms with Gasteiger partial charge in [0, 0.05) is 65.5 Å². The minimum atomic E-state index is -4.86. The quantitative estimate of drug-likeness (QED) is 0.488. The van der Waals surface area contributed by atoms with Crippen molar-refractivity contribution in [3.05, 3.63) is 51.9 Å². The van der Waals surface area contributed by atoms with Gasteiger partial charge in [-0.3, -0.25) is 4.57 Å². The lowest BCUT2D eigenvalue weighted by Gasteiger charge is -2.37. The van der Waals surface area contributed by atoms with Crippen molar-refractivity contribution in [3.63, 3.8) is 0 Å². The second kappa shape index (κ2) is 9.55. The van der Waals surface area contributed by atoms with Crippen LogP contribution in [0.3, 0.4) is 0 Å². The minimum Gasteiger partial charge on any atom is -0.379 e. The Kier molecular flexibility index (Phi) is 6.70. The monoisotopic (exact) mass is 540 g/mol. The number of methoxy groups -OCH3 is 1. The molecule has 3 aromatic rings. The van der Waals surface area contributed by atoms with E-state index in [0.29, 0.717) is 19.2 Å². The average Bonchev–Trinajstić information content (AvgIpc) is 3.01. The van der Waals surface area contributed by atoms with Gasteiger partial charge in [0.05, 0.1) is 23.7 Å². The summed E-state index contributed by atoms with van der Waals surface area (Å²) in [5.74, 6) is -1.65. The summed E-state index contributed by atoms with van der Waals surface area (Å²) in [6.07, 6.45) is -5.36. The Bertz CT molecular complexity index is 1420. The smallest absolute Gasteiger partial charge is 0.379 e. The van der Waals surface area contributed by atoms with Crippen molar-refractivity contribution in [2.45, 2.75) is 49.7 Å². The second-order valence-corrected chi connectivity index (χ2v) is 10.5. The number of hydrogen-bond donors (Lipinski definition) is 1. The highest BCUT2D eigenvalue weighted by Crippen LogP contribution is 2.48. The number of rotatable bonds is 3. The van der Waals surface area contributed by atoms with Crippen LogP contribution in [0.15, 0.2) is 34.0 Å². The normalized spacial score (nSPS) is 22.4. The predicted octanol–water partition coefficient (Wildman–Crippen LogP) is 4.67. The Morgan fingerprint density at radius 3 is 2.43 bits per heavy atom. The molecule has 3 heterocycles. The van der Waals surface area contributed by atoms with E-state index in [-0.39, 0.29) is 46.0 Å². The lowest BCUT2D eigenvalue weighted by atomic mass is 9.95. The number of thioether (sulfide) groups is 1. The number of hydrogen-bond acceptors (Lipinski definition) is 6. The average molecular weight is 541 g/mol. The SMILES string of the molecule is COC1CSc2c(-c3ccc(F)cc3F)c(C(F)(F)F)cc3c(N4CC(C)N[C@H](C)C4)nc(=O)n(c23)C1. The number of nitrogens with zero attached hydrogens (tertiary/aromatic N) is 3. The van der Waals surface area contributed by atoms with Gasteiger partial charge in [-0.25, -0.2) is 13.6 Å². The molecule has 2 aliphatic heterocycles. The van der Waals surface area contributed by atoms with E-state index in [1.807, 2.05) is 18.7 Å². The summed E-state index contributed by atoms with van der Waals surface area (Å²) >= 11 is 1.06. The molecule has 1 N–H and O–H groups in total. The van der Waals surface area contributed by atoms with Crippen molar-refractivity contribution in [1.82, 2.24) is 14.9 Å². The van der Waals surface area contributed by atoms with Crippen LogP contribution >= 0.6 is 11.8 Å². The summed E-state index contributed by atoms with van der Waals surface area (Å²) < 4.78 is 79.2. The van der Waals surface area contributed by atoms with Gasteiger partial charge in [-0.05, 0) is 32.0 Å². The van der Waals surface area contributed by atoms with Crippen LogP contribution in [0.4, 0.5) is 27.8 Å². The van der Waals surface area contributed by atoms with Crippen molar-refractivity contribution in [2.75, 3.05) is 30.9 Å². The van der Waals surface area contributed by atoms with E-state index in [2.05, 4.69) is 10.3 Å². The third-order valence-electron chi connectivity index (χ3n) is 6.69. The molecule has 5 rings (SSSR count). The van der Waals surface area contributed by atoms with Crippen molar-refractivity contribution in [2.24, 2.45) is 0 Å². The van der Waals surface area contributed by atoms with Gasteiger partial charge in [0.15, 0.2) is 0 Å². The van der Waals surface area contributed by atoms with Gasteiger partial charge in [-0.15, -0.1) is 11.8 Å². The number of alkyl halides is 3. The molecule has 0 saturated carbocycles. The highest BCUT2D eigenvalue weighted by atomic mass is 32.2. The molecule has 0 amide bonds. The number of anilines is 1. The molecular formula is C25H25F5N4O2S. The van der Waals surface area contributed by atoms with Crippen LogP contribution in [0.1, 0.15) is 19.4 Å². The number of halogens is 5. The number of benzene rings is 2. The molecule has 3 atom stereocenters. The van der Waals surface area contributed by atoms with E-state index >= 15 is 0 Å². The van der Waals surface area contributed by atoms with Crippen LogP contribution in [0.5, 0.6) is 0 Å². The van der Waals surface area contributed by atoms with Crippen LogP contribution < -0.4 is 15.9 Å². The van der Waals surface area contributed by atoms with Crippen LogP contribution in [0, 0.1) is 11.6 Å². The third kappa shape index (κ3) is 4.70. The fraction of sp³-hybridized carbons (Fsp3) is 0.440. The highest BCUT2D eigenvalue weighted by molar-refractivity contribution is 7.99. The van der Waals surface area contributed by atoms with E-state index in [4.69, 9.17) is 4.74 Å². The van der Waals surface area contributed by atoms with Crippen LogP contribution in [0.25, 0.3) is 22.0 Å². The van der Waals surface area contributed by atoms with E-state index in [0.717, 1.165) is 30.0 Å². The molecule has 12 heteroatoms. The Morgan fingerprint density at radius 1 is 1.11 bits per heavy atom. The van der Waals surface area contributed by atoms with Gasteiger partial charge < -0.3 is 15.0 Å². The number of nitrogens with one attached hydrogen (secondary N) is 1. The van der Waals surface area contributed by atoms with E-state index in [9.17, 15) is 26.7 Å². The lowest BCUT2D eigenvalue weighted by Crippen LogP contribution is -2.55. The van der Waals surface area contributed by atoms with Crippen molar-refractivity contribution >= 4 is 28.5 Å². The van der Waals surface area contributed by atoms with Crippen LogP contribution in [-0.4, -0.2) is 53.7 Å². The van der Waals surface area contributed by atoms with Gasteiger partial charge in [0.25, 0.3) is 0 Å². The third-order valence-corrected chi connectivity index (χ3v) is 7.92. The van der Waals surface area contributed by atoms with Crippen LogP contribution in [0.2, 0.25) is 0 Å². The van der Waals surface area contributed by atoms with Gasteiger partial charge in [-0.2, -0.15) is 18.2 Å². The molecule has 0 radical (unpaired) electrons. The molecule has 2 aromatic carbocycles. The first-order chi connectivity index (χ1) is 17.5. The first kappa shape index (κ1) is 25.9. The summed E-state index contributed by atoms with van der Waals surface area (Å²) in [6, 6.07) is 3.45. The maximum Gasteiger partial charge on any atom is 0.417 e. The Balaban J connectivity index is 1.91. The molecule has 1 saturated heterocycles. The van der Waals surface area contributed by atoms with Crippen molar-refractivity contribution < 1.29 is 26.7 Å². The molecule has 2 unspecified atom stereocenters. The molecule has 6 nitrogen and oxygen atoms in total. The first-order valence-electron chi connectivity index (χ1n) is 11.8. The number of aromatic nitrogens is 2. The number of ether oxygens (including phenoxy) is 1. The highest BCUT2D eigenvalue weighted by Gasteiger charge is 2.39.